The molecule has 6 heteroatoms. The zero-order valence-corrected chi connectivity index (χ0v) is 7.72. The maximum absolute atomic E-state index is 12.3. The predicted octanol–water partition coefficient (Wildman–Crippen LogP) is 2.00. The van der Waals surface area contributed by atoms with Crippen LogP contribution in [0.5, 0.6) is 0 Å². The first-order valence-corrected chi connectivity index (χ1v) is 4.05. The fraction of sp³-hybridized carbons (Fsp3) is 0.250. The van der Waals surface area contributed by atoms with Gasteiger partial charge in [0.1, 0.15) is 11.8 Å². The van der Waals surface area contributed by atoms with Crippen LogP contribution in [0.4, 0.5) is 8.78 Å². The molecule has 0 aliphatic carbocycles. The van der Waals surface area contributed by atoms with E-state index >= 15 is 0 Å². The Morgan fingerprint density at radius 1 is 1.64 bits per heavy atom. The first kappa shape index (κ1) is 10.8. The topological polar surface area (TPSA) is 62.7 Å². The van der Waals surface area contributed by atoms with Crippen LogP contribution in [-0.2, 0) is 6.54 Å². The van der Waals surface area contributed by atoms with Crippen molar-refractivity contribution in [1.82, 2.24) is 4.98 Å². The van der Waals surface area contributed by atoms with Gasteiger partial charge in [0, 0.05) is 6.54 Å². The summed E-state index contributed by atoms with van der Waals surface area (Å²) >= 11 is 5.50. The molecule has 1 aromatic heterocycles. The molecule has 1 aromatic rings. The molecule has 1 heterocycles. The van der Waals surface area contributed by atoms with E-state index < -0.39 is 12.1 Å². The molecule has 3 nitrogen and oxygen atoms in total. The van der Waals surface area contributed by atoms with Crippen molar-refractivity contribution in [2.45, 2.75) is 13.0 Å². The number of pyridine rings is 1. The van der Waals surface area contributed by atoms with E-state index in [4.69, 9.17) is 22.6 Å². The van der Waals surface area contributed by atoms with Gasteiger partial charge in [-0.25, -0.2) is 13.8 Å². The van der Waals surface area contributed by atoms with Crippen LogP contribution in [0.2, 0.25) is 5.02 Å². The zero-order chi connectivity index (χ0) is 10.7. The van der Waals surface area contributed by atoms with Gasteiger partial charge < -0.3 is 5.73 Å². The van der Waals surface area contributed by atoms with E-state index in [0.29, 0.717) is 0 Å². The van der Waals surface area contributed by atoms with Crippen LogP contribution >= 0.6 is 11.6 Å². The SMILES string of the molecule is N#Cc1cc(Cl)c(C(F)F)nc1CN. The monoisotopic (exact) mass is 217 g/mol. The second-order valence-corrected chi connectivity index (χ2v) is 2.87. The number of aromatic nitrogens is 1. The fourth-order valence-electron chi connectivity index (χ4n) is 0.948. The summed E-state index contributed by atoms with van der Waals surface area (Å²) in [6, 6.07) is 2.93. The molecule has 0 fully saturated rings. The highest BCUT2D eigenvalue weighted by Gasteiger charge is 2.16. The minimum atomic E-state index is -2.76. The van der Waals surface area contributed by atoms with Gasteiger partial charge in [-0.2, -0.15) is 5.26 Å². The third-order valence-corrected chi connectivity index (χ3v) is 1.91. The molecular formula is C8H6ClF2N3. The molecule has 14 heavy (non-hydrogen) atoms. The number of alkyl halides is 2. The normalized spacial score (nSPS) is 10.3. The number of rotatable bonds is 2. The summed E-state index contributed by atoms with van der Waals surface area (Å²) in [5.41, 5.74) is 4.97. The minimum Gasteiger partial charge on any atom is -0.325 e. The molecule has 74 valence electrons. The first-order chi connectivity index (χ1) is 6.60. The third-order valence-electron chi connectivity index (χ3n) is 1.60. The standard InChI is InChI=1S/C8H6ClF2N3/c9-5-1-4(2-12)6(3-13)14-7(5)8(10)11/h1,8H,3,13H2. The smallest absolute Gasteiger partial charge is 0.281 e. The first-order valence-electron chi connectivity index (χ1n) is 3.67. The van der Waals surface area contributed by atoms with Crippen molar-refractivity contribution >= 4 is 11.6 Å². The zero-order valence-electron chi connectivity index (χ0n) is 6.97. The molecular weight excluding hydrogens is 212 g/mol. The van der Waals surface area contributed by atoms with Crippen LogP contribution in [0.15, 0.2) is 6.07 Å². The number of nitrogens with zero attached hydrogens (tertiary/aromatic N) is 2. The van der Waals surface area contributed by atoms with Crippen molar-refractivity contribution in [3.05, 3.63) is 28.0 Å². The Labute approximate surface area is 84.1 Å². The van der Waals surface area contributed by atoms with Crippen molar-refractivity contribution in [3.63, 3.8) is 0 Å². The number of nitrogens with two attached hydrogens (primary N) is 1. The minimum absolute atomic E-state index is 0.0697. The van der Waals surface area contributed by atoms with Crippen LogP contribution in [0, 0.1) is 11.3 Å². The summed E-state index contributed by atoms with van der Waals surface area (Å²) in [5.74, 6) is 0. The molecule has 0 aromatic carbocycles. The highest BCUT2D eigenvalue weighted by atomic mass is 35.5. The maximum atomic E-state index is 12.3. The van der Waals surface area contributed by atoms with Crippen molar-refractivity contribution in [2.75, 3.05) is 0 Å². The Kier molecular flexibility index (Phi) is 3.33. The van der Waals surface area contributed by atoms with Gasteiger partial charge in [0.25, 0.3) is 6.43 Å². The van der Waals surface area contributed by atoms with Gasteiger partial charge in [0.05, 0.1) is 16.3 Å². The summed E-state index contributed by atoms with van der Waals surface area (Å²) in [5, 5.41) is 8.40. The Hall–Kier alpha value is -1.25. The van der Waals surface area contributed by atoms with E-state index in [2.05, 4.69) is 4.98 Å². The molecule has 0 saturated heterocycles. The molecule has 0 aliphatic rings. The highest BCUT2D eigenvalue weighted by molar-refractivity contribution is 6.31. The molecule has 0 atom stereocenters. The Bertz CT molecular complexity index is 386. The summed E-state index contributed by atoms with van der Waals surface area (Å²) < 4.78 is 24.6. The van der Waals surface area contributed by atoms with Crippen LogP contribution in [0.1, 0.15) is 23.4 Å². The Morgan fingerprint density at radius 3 is 2.71 bits per heavy atom. The van der Waals surface area contributed by atoms with Crippen molar-refractivity contribution in [1.29, 1.82) is 5.26 Å². The van der Waals surface area contributed by atoms with E-state index in [-0.39, 0.29) is 22.8 Å². The Balaban J connectivity index is 3.32. The third kappa shape index (κ3) is 1.97. The second kappa shape index (κ2) is 4.31. The van der Waals surface area contributed by atoms with Gasteiger partial charge in [-0.1, -0.05) is 11.6 Å². The highest BCUT2D eigenvalue weighted by Crippen LogP contribution is 2.26. The lowest BCUT2D eigenvalue weighted by atomic mass is 10.2. The quantitative estimate of drug-likeness (QED) is 0.824. The van der Waals surface area contributed by atoms with Gasteiger partial charge >= 0.3 is 0 Å². The average molecular weight is 218 g/mol. The van der Waals surface area contributed by atoms with Crippen molar-refractivity contribution in [2.24, 2.45) is 5.73 Å². The van der Waals surface area contributed by atoms with Crippen LogP contribution in [0.3, 0.4) is 0 Å². The number of nitriles is 1. The number of halogens is 3. The lowest BCUT2D eigenvalue weighted by molar-refractivity contribution is 0.146. The van der Waals surface area contributed by atoms with Crippen LogP contribution in [-0.4, -0.2) is 4.98 Å². The lowest BCUT2D eigenvalue weighted by Crippen LogP contribution is -2.06. The summed E-state index contributed by atoms with van der Waals surface area (Å²) in [4.78, 5) is 3.53. The number of hydrogen-bond acceptors (Lipinski definition) is 3. The van der Waals surface area contributed by atoms with Gasteiger partial charge in [-0.05, 0) is 6.07 Å². The number of hydrogen-bond donors (Lipinski definition) is 1. The van der Waals surface area contributed by atoms with E-state index in [1.165, 1.54) is 0 Å². The fourth-order valence-corrected chi connectivity index (χ4v) is 1.18. The summed E-state index contributed by atoms with van der Waals surface area (Å²) in [7, 11) is 0. The summed E-state index contributed by atoms with van der Waals surface area (Å²) in [6.45, 7) is -0.0697. The maximum Gasteiger partial charge on any atom is 0.281 e. The van der Waals surface area contributed by atoms with E-state index in [9.17, 15) is 8.78 Å². The largest absolute Gasteiger partial charge is 0.325 e. The summed E-state index contributed by atoms with van der Waals surface area (Å²) in [6.07, 6.45) is -2.76. The molecule has 0 spiro atoms. The average Bonchev–Trinajstić information content (AvgIpc) is 2.16. The van der Waals surface area contributed by atoms with Gasteiger partial charge in [0.15, 0.2) is 0 Å². The molecule has 0 bridgehead atoms. The lowest BCUT2D eigenvalue weighted by Gasteiger charge is -2.05. The van der Waals surface area contributed by atoms with E-state index in [1.807, 2.05) is 0 Å². The second-order valence-electron chi connectivity index (χ2n) is 2.47. The predicted molar refractivity (Wildman–Crippen MR) is 46.8 cm³/mol. The van der Waals surface area contributed by atoms with E-state index in [0.717, 1.165) is 6.07 Å². The van der Waals surface area contributed by atoms with Gasteiger partial charge in [-0.3, -0.25) is 0 Å². The molecule has 0 unspecified atom stereocenters. The molecule has 0 radical (unpaired) electrons. The Morgan fingerprint density at radius 2 is 2.29 bits per heavy atom. The van der Waals surface area contributed by atoms with Gasteiger partial charge in [-0.15, -0.1) is 0 Å². The molecule has 2 N–H and O–H groups in total. The van der Waals surface area contributed by atoms with Crippen molar-refractivity contribution in [3.8, 4) is 6.07 Å². The molecule has 0 aliphatic heterocycles. The van der Waals surface area contributed by atoms with Gasteiger partial charge in [0.2, 0.25) is 0 Å². The van der Waals surface area contributed by atoms with Crippen molar-refractivity contribution < 1.29 is 8.78 Å². The van der Waals surface area contributed by atoms with Crippen LogP contribution < -0.4 is 5.73 Å². The molecule has 1 rings (SSSR count). The van der Waals surface area contributed by atoms with E-state index in [1.54, 1.807) is 6.07 Å². The molecule has 0 amide bonds. The van der Waals surface area contributed by atoms with Crippen LogP contribution in [0.25, 0.3) is 0 Å². The molecule has 0 saturated carbocycles.